The summed E-state index contributed by atoms with van der Waals surface area (Å²) in [5.41, 5.74) is 6.78. The summed E-state index contributed by atoms with van der Waals surface area (Å²) in [5.74, 6) is 0.652. The molecule has 39 heavy (non-hydrogen) atoms. The number of nitrogens with zero attached hydrogens (tertiary/aromatic N) is 2. The molecule has 4 aromatic rings. The first-order valence-electron chi connectivity index (χ1n) is 13.6. The molecule has 6 nitrogen and oxygen atoms in total. The quantitative estimate of drug-likeness (QED) is 0.195. The fourth-order valence-electron chi connectivity index (χ4n) is 5.32. The molecule has 1 aliphatic rings. The van der Waals surface area contributed by atoms with Gasteiger partial charge in [0, 0.05) is 26.3 Å². The van der Waals surface area contributed by atoms with Crippen LogP contribution in [0.15, 0.2) is 83.4 Å². The van der Waals surface area contributed by atoms with Gasteiger partial charge in [0.2, 0.25) is 0 Å². The topological polar surface area (TPSA) is 64.8 Å². The lowest BCUT2D eigenvalue weighted by molar-refractivity contribution is -0.146. The molecule has 1 fully saturated rings. The fourth-order valence-corrected chi connectivity index (χ4v) is 5.32. The number of carbonyl (C=O) groups excluding carboxylic acids is 1. The van der Waals surface area contributed by atoms with Crippen LogP contribution in [0.2, 0.25) is 0 Å². The molecule has 1 saturated carbocycles. The summed E-state index contributed by atoms with van der Waals surface area (Å²) in [4.78, 5) is 14.6. The average Bonchev–Trinajstić information content (AvgIpc) is 3.70. The zero-order valence-electron chi connectivity index (χ0n) is 23.1. The molecule has 0 saturated heterocycles. The van der Waals surface area contributed by atoms with Crippen molar-refractivity contribution >= 4 is 11.7 Å². The molecule has 1 aliphatic carbocycles. The minimum absolute atomic E-state index is 0.0232. The Morgan fingerprint density at radius 3 is 2.18 bits per heavy atom. The summed E-state index contributed by atoms with van der Waals surface area (Å²) in [6, 6.07) is 26.9. The van der Waals surface area contributed by atoms with Crippen molar-refractivity contribution < 1.29 is 18.8 Å². The predicted molar refractivity (Wildman–Crippen MR) is 154 cm³/mol. The summed E-state index contributed by atoms with van der Waals surface area (Å²) >= 11 is 0. The van der Waals surface area contributed by atoms with Gasteiger partial charge in [-0.3, -0.25) is 4.79 Å². The minimum Gasteiger partial charge on any atom is -0.465 e. The Balaban J connectivity index is 1.29. The molecule has 0 amide bonds. The maximum atomic E-state index is 12.4. The maximum Gasteiger partial charge on any atom is 0.316 e. The molecule has 0 bridgehead atoms. The lowest BCUT2D eigenvalue weighted by Gasteiger charge is -2.23. The van der Waals surface area contributed by atoms with E-state index >= 15 is 0 Å². The number of benzene rings is 3. The standard InChI is InChI=1S/C33H36N2O4/c1-5-38-32(36)33(20-21-33)28-17-15-25(16-18-28)24-11-13-27(14-12-24)31-30(23(2)34-39-31)35(3)22-19-29(37-4)26-9-7-6-8-10-26/h6-18,29H,5,19-22H2,1-4H3. The highest BCUT2D eigenvalue weighted by molar-refractivity contribution is 5.87. The van der Waals surface area contributed by atoms with Crippen LogP contribution in [-0.4, -0.2) is 38.4 Å². The van der Waals surface area contributed by atoms with E-state index < -0.39 is 5.41 Å². The van der Waals surface area contributed by atoms with E-state index in [1.165, 1.54) is 5.56 Å². The molecule has 5 rings (SSSR count). The minimum atomic E-state index is -0.449. The van der Waals surface area contributed by atoms with Crippen LogP contribution in [0.3, 0.4) is 0 Å². The van der Waals surface area contributed by atoms with Crippen molar-refractivity contribution in [2.24, 2.45) is 0 Å². The zero-order chi connectivity index (χ0) is 27.4. The first-order chi connectivity index (χ1) is 19.0. The lowest BCUT2D eigenvalue weighted by Crippen LogP contribution is -2.23. The second-order valence-electron chi connectivity index (χ2n) is 10.2. The highest BCUT2D eigenvalue weighted by Gasteiger charge is 2.52. The molecular weight excluding hydrogens is 488 g/mol. The van der Waals surface area contributed by atoms with Gasteiger partial charge < -0.3 is 18.9 Å². The molecule has 1 aromatic heterocycles. The van der Waals surface area contributed by atoms with Crippen molar-refractivity contribution in [1.29, 1.82) is 0 Å². The summed E-state index contributed by atoms with van der Waals surface area (Å²) < 4.78 is 16.9. The highest BCUT2D eigenvalue weighted by Crippen LogP contribution is 2.49. The number of esters is 1. The number of aromatic nitrogens is 1. The molecule has 1 atom stereocenters. The number of hydrogen-bond acceptors (Lipinski definition) is 6. The number of methoxy groups -OCH3 is 1. The van der Waals surface area contributed by atoms with E-state index in [0.717, 1.165) is 65.2 Å². The zero-order valence-corrected chi connectivity index (χ0v) is 23.1. The van der Waals surface area contributed by atoms with Gasteiger partial charge in [0.25, 0.3) is 0 Å². The van der Waals surface area contributed by atoms with E-state index in [1.807, 2.05) is 32.0 Å². The van der Waals surface area contributed by atoms with Crippen LogP contribution < -0.4 is 4.90 Å². The van der Waals surface area contributed by atoms with Gasteiger partial charge >= 0.3 is 5.97 Å². The molecule has 0 N–H and O–H groups in total. The van der Waals surface area contributed by atoms with Crippen molar-refractivity contribution in [2.45, 2.75) is 44.6 Å². The summed E-state index contributed by atoms with van der Waals surface area (Å²) in [5, 5.41) is 4.28. The van der Waals surface area contributed by atoms with E-state index in [0.29, 0.717) is 6.61 Å². The van der Waals surface area contributed by atoms with Crippen LogP contribution in [0.1, 0.15) is 49.1 Å². The molecule has 1 unspecified atom stereocenters. The van der Waals surface area contributed by atoms with E-state index in [1.54, 1.807) is 7.11 Å². The largest absolute Gasteiger partial charge is 0.465 e. The van der Waals surface area contributed by atoms with Crippen molar-refractivity contribution in [3.63, 3.8) is 0 Å². The second kappa shape index (κ2) is 11.5. The monoisotopic (exact) mass is 524 g/mol. The predicted octanol–water partition coefficient (Wildman–Crippen LogP) is 7.13. The van der Waals surface area contributed by atoms with Crippen molar-refractivity contribution in [3.05, 3.63) is 95.7 Å². The normalized spacial score (nSPS) is 14.6. The molecule has 0 spiro atoms. The fraction of sp³-hybridized carbons (Fsp3) is 0.333. The Hall–Kier alpha value is -3.90. The first-order valence-corrected chi connectivity index (χ1v) is 13.6. The Labute approximate surface area is 230 Å². The van der Waals surface area contributed by atoms with Crippen molar-refractivity contribution in [1.82, 2.24) is 5.16 Å². The van der Waals surface area contributed by atoms with Crippen LogP contribution in [0, 0.1) is 6.92 Å². The Bertz CT molecular complexity index is 1390. The van der Waals surface area contributed by atoms with Gasteiger partial charge in [-0.1, -0.05) is 84.0 Å². The molecule has 1 heterocycles. The Morgan fingerprint density at radius 2 is 1.59 bits per heavy atom. The van der Waals surface area contributed by atoms with E-state index in [4.69, 9.17) is 14.0 Å². The van der Waals surface area contributed by atoms with Gasteiger partial charge in [-0.15, -0.1) is 0 Å². The average molecular weight is 525 g/mol. The molecule has 3 aromatic carbocycles. The molecular formula is C33H36N2O4. The highest BCUT2D eigenvalue weighted by atomic mass is 16.5. The van der Waals surface area contributed by atoms with E-state index in [2.05, 4.69) is 77.8 Å². The van der Waals surface area contributed by atoms with Crippen LogP contribution in [0.4, 0.5) is 5.69 Å². The maximum absolute atomic E-state index is 12.4. The van der Waals surface area contributed by atoms with Gasteiger partial charge in [-0.25, -0.2) is 0 Å². The van der Waals surface area contributed by atoms with Crippen molar-refractivity contribution in [3.8, 4) is 22.5 Å². The number of rotatable bonds is 11. The van der Waals surface area contributed by atoms with Crippen LogP contribution >= 0.6 is 0 Å². The van der Waals surface area contributed by atoms with Crippen molar-refractivity contribution in [2.75, 3.05) is 32.2 Å². The number of hydrogen-bond donors (Lipinski definition) is 0. The van der Waals surface area contributed by atoms with Crippen LogP contribution in [-0.2, 0) is 19.7 Å². The number of carbonyl (C=O) groups is 1. The van der Waals surface area contributed by atoms with E-state index in [-0.39, 0.29) is 12.1 Å². The Kier molecular flexibility index (Phi) is 7.84. The van der Waals surface area contributed by atoms with Gasteiger partial charge in [0.15, 0.2) is 5.76 Å². The van der Waals surface area contributed by atoms with Gasteiger partial charge in [-0.2, -0.15) is 0 Å². The second-order valence-corrected chi connectivity index (χ2v) is 10.2. The lowest BCUT2D eigenvalue weighted by atomic mass is 9.93. The van der Waals surface area contributed by atoms with Gasteiger partial charge in [0.1, 0.15) is 11.4 Å². The number of aryl methyl sites for hydroxylation is 1. The third-order valence-corrected chi connectivity index (χ3v) is 7.73. The van der Waals surface area contributed by atoms with Crippen LogP contribution in [0.25, 0.3) is 22.5 Å². The molecule has 0 radical (unpaired) electrons. The Morgan fingerprint density at radius 1 is 0.974 bits per heavy atom. The smallest absolute Gasteiger partial charge is 0.316 e. The SMILES string of the molecule is CCOC(=O)C1(c2ccc(-c3ccc(-c4onc(C)c4N(C)CCC(OC)c4ccccc4)cc3)cc2)CC1. The first kappa shape index (κ1) is 26.7. The molecule has 0 aliphatic heterocycles. The summed E-state index contributed by atoms with van der Waals surface area (Å²) in [6.07, 6.45) is 2.57. The molecule has 6 heteroatoms. The summed E-state index contributed by atoms with van der Waals surface area (Å²) in [7, 11) is 3.83. The molecule has 202 valence electrons. The third-order valence-electron chi connectivity index (χ3n) is 7.73. The summed E-state index contributed by atoms with van der Waals surface area (Å²) in [6.45, 7) is 5.03. The van der Waals surface area contributed by atoms with Crippen LogP contribution in [0.5, 0.6) is 0 Å². The number of ether oxygens (including phenoxy) is 2. The van der Waals surface area contributed by atoms with Gasteiger partial charge in [0.05, 0.1) is 18.1 Å². The number of anilines is 1. The van der Waals surface area contributed by atoms with E-state index in [9.17, 15) is 4.79 Å². The third kappa shape index (κ3) is 5.48. The van der Waals surface area contributed by atoms with Gasteiger partial charge in [-0.05, 0) is 55.4 Å².